The highest BCUT2D eigenvalue weighted by molar-refractivity contribution is 9.10. The Hall–Kier alpha value is -1.38. The molecule has 1 amide bonds. The fraction of sp³-hybridized carbons (Fsp3) is 0.231. The maximum absolute atomic E-state index is 11.9. The summed E-state index contributed by atoms with van der Waals surface area (Å²) in [5.74, 6) is 2.72. The zero-order valence-electron chi connectivity index (χ0n) is 9.39. The molecule has 3 rings (SSSR count). The summed E-state index contributed by atoms with van der Waals surface area (Å²) in [6.07, 6.45) is 5.81. The molecule has 0 radical (unpaired) electrons. The molecule has 1 saturated heterocycles. The van der Waals surface area contributed by atoms with Gasteiger partial charge in [0, 0.05) is 23.4 Å². The normalized spacial score (nSPS) is 19.4. The van der Waals surface area contributed by atoms with Crippen LogP contribution < -0.4 is 4.90 Å². The summed E-state index contributed by atoms with van der Waals surface area (Å²) in [5.41, 5.74) is 0.904. The molecule has 2 heterocycles. The Labute approximate surface area is 117 Å². The molecule has 1 aromatic heterocycles. The molecule has 2 aromatic rings. The van der Waals surface area contributed by atoms with Crippen LogP contribution in [0.25, 0.3) is 10.2 Å². The van der Waals surface area contributed by atoms with Gasteiger partial charge in [-0.3, -0.25) is 9.69 Å². The van der Waals surface area contributed by atoms with Gasteiger partial charge in [-0.05, 0) is 18.2 Å². The lowest BCUT2D eigenvalue weighted by Crippen LogP contribution is -2.24. The number of benzene rings is 1. The van der Waals surface area contributed by atoms with Crippen LogP contribution in [0.4, 0.5) is 5.13 Å². The first-order chi connectivity index (χ1) is 8.67. The lowest BCUT2D eigenvalue weighted by Gasteiger charge is -2.10. The van der Waals surface area contributed by atoms with Crippen LogP contribution >= 0.6 is 27.3 Å². The van der Waals surface area contributed by atoms with Gasteiger partial charge in [-0.2, -0.15) is 0 Å². The molecule has 0 bridgehead atoms. The van der Waals surface area contributed by atoms with Crippen molar-refractivity contribution in [3.63, 3.8) is 0 Å². The molecule has 5 heteroatoms. The predicted molar refractivity (Wildman–Crippen MR) is 76.6 cm³/mol. The number of anilines is 1. The highest BCUT2D eigenvalue weighted by Crippen LogP contribution is 2.33. The number of carbonyl (C=O) groups is 1. The number of halogens is 1. The SMILES string of the molecule is C#CC1CC(=O)N(c2nc3cc(Br)ccc3s2)C1. The van der Waals surface area contributed by atoms with Crippen LogP contribution in [-0.4, -0.2) is 17.4 Å². The van der Waals surface area contributed by atoms with Crippen molar-refractivity contribution in [2.24, 2.45) is 5.92 Å². The number of terminal acetylenes is 1. The third-order valence-corrected chi connectivity index (χ3v) is 4.48. The Balaban J connectivity index is 2.00. The van der Waals surface area contributed by atoms with E-state index in [-0.39, 0.29) is 11.8 Å². The Morgan fingerprint density at radius 3 is 3.11 bits per heavy atom. The number of aromatic nitrogens is 1. The number of nitrogens with zero attached hydrogens (tertiary/aromatic N) is 2. The summed E-state index contributed by atoms with van der Waals surface area (Å²) in [6.45, 7) is 0.580. The molecule has 1 fully saturated rings. The van der Waals surface area contributed by atoms with Crippen LogP contribution in [0.15, 0.2) is 22.7 Å². The van der Waals surface area contributed by atoms with Crippen LogP contribution in [0.3, 0.4) is 0 Å². The van der Waals surface area contributed by atoms with Crippen molar-refractivity contribution < 1.29 is 4.79 Å². The molecule has 18 heavy (non-hydrogen) atoms. The highest BCUT2D eigenvalue weighted by atomic mass is 79.9. The van der Waals surface area contributed by atoms with Gasteiger partial charge in [0.15, 0.2) is 5.13 Å². The van der Waals surface area contributed by atoms with Crippen LogP contribution in [0, 0.1) is 18.3 Å². The second-order valence-electron chi connectivity index (χ2n) is 4.18. The average molecular weight is 321 g/mol. The fourth-order valence-corrected chi connectivity index (χ4v) is 3.33. The molecule has 0 N–H and O–H groups in total. The van der Waals surface area contributed by atoms with Gasteiger partial charge in [-0.1, -0.05) is 27.3 Å². The molecule has 1 atom stereocenters. The van der Waals surface area contributed by atoms with Crippen LogP contribution in [0.1, 0.15) is 6.42 Å². The van der Waals surface area contributed by atoms with Gasteiger partial charge in [-0.15, -0.1) is 12.3 Å². The average Bonchev–Trinajstić information content (AvgIpc) is 2.91. The van der Waals surface area contributed by atoms with Crippen molar-refractivity contribution in [3.8, 4) is 12.3 Å². The number of hydrogen-bond acceptors (Lipinski definition) is 3. The smallest absolute Gasteiger partial charge is 0.230 e. The first-order valence-electron chi connectivity index (χ1n) is 5.50. The molecule has 0 aliphatic carbocycles. The van der Waals surface area contributed by atoms with E-state index in [1.165, 1.54) is 11.3 Å². The summed E-state index contributed by atoms with van der Waals surface area (Å²) >= 11 is 4.94. The van der Waals surface area contributed by atoms with Crippen molar-refractivity contribution >= 4 is 48.5 Å². The monoisotopic (exact) mass is 320 g/mol. The number of carbonyl (C=O) groups excluding carboxylic acids is 1. The molecule has 1 unspecified atom stereocenters. The van der Waals surface area contributed by atoms with E-state index in [4.69, 9.17) is 6.42 Å². The quantitative estimate of drug-likeness (QED) is 0.757. The minimum atomic E-state index is 0.0104. The van der Waals surface area contributed by atoms with Gasteiger partial charge in [0.25, 0.3) is 0 Å². The van der Waals surface area contributed by atoms with Crippen LogP contribution in [0.2, 0.25) is 0 Å². The van der Waals surface area contributed by atoms with E-state index in [1.807, 2.05) is 18.2 Å². The van der Waals surface area contributed by atoms with Gasteiger partial charge >= 0.3 is 0 Å². The molecular formula is C13H9BrN2OS. The van der Waals surface area contributed by atoms with Crippen molar-refractivity contribution in [1.29, 1.82) is 0 Å². The number of thiazole rings is 1. The van der Waals surface area contributed by atoms with Gasteiger partial charge in [-0.25, -0.2) is 4.98 Å². The Bertz CT molecular complexity index is 673. The van der Waals surface area contributed by atoms with Crippen molar-refractivity contribution in [2.75, 3.05) is 11.4 Å². The maximum Gasteiger partial charge on any atom is 0.230 e. The van der Waals surface area contributed by atoms with Gasteiger partial charge in [0.2, 0.25) is 5.91 Å². The minimum Gasteiger partial charge on any atom is -0.287 e. The van der Waals surface area contributed by atoms with E-state index in [0.717, 1.165) is 19.8 Å². The van der Waals surface area contributed by atoms with Crippen molar-refractivity contribution in [2.45, 2.75) is 6.42 Å². The fourth-order valence-electron chi connectivity index (χ4n) is 2.01. The molecule has 1 aliphatic rings. The third kappa shape index (κ3) is 1.92. The summed E-state index contributed by atoms with van der Waals surface area (Å²) in [6, 6.07) is 5.93. The van der Waals surface area contributed by atoms with Crippen LogP contribution in [-0.2, 0) is 4.79 Å². The summed E-state index contributed by atoms with van der Waals surface area (Å²) in [4.78, 5) is 18.1. The standard InChI is InChI=1S/C13H9BrN2OS/c1-2-8-5-12(17)16(7-8)13-15-10-6-9(14)3-4-11(10)18-13/h1,3-4,6,8H,5,7H2. The molecule has 0 spiro atoms. The van der Waals surface area contributed by atoms with E-state index in [9.17, 15) is 4.79 Å². The Kier molecular flexibility index (Phi) is 2.84. The highest BCUT2D eigenvalue weighted by Gasteiger charge is 2.31. The molecule has 90 valence electrons. The molecule has 0 saturated carbocycles. The summed E-state index contributed by atoms with van der Waals surface area (Å²) in [5, 5.41) is 0.742. The number of rotatable bonds is 1. The molecular weight excluding hydrogens is 312 g/mol. The first-order valence-corrected chi connectivity index (χ1v) is 7.11. The zero-order chi connectivity index (χ0) is 12.7. The van der Waals surface area contributed by atoms with Crippen molar-refractivity contribution in [1.82, 2.24) is 4.98 Å². The lowest BCUT2D eigenvalue weighted by atomic mass is 10.1. The Morgan fingerprint density at radius 2 is 2.39 bits per heavy atom. The van der Waals surface area contributed by atoms with E-state index >= 15 is 0 Å². The predicted octanol–water partition coefficient (Wildman–Crippen LogP) is 3.04. The largest absolute Gasteiger partial charge is 0.287 e. The molecule has 3 nitrogen and oxygen atoms in total. The topological polar surface area (TPSA) is 33.2 Å². The molecule has 1 aliphatic heterocycles. The zero-order valence-corrected chi connectivity index (χ0v) is 11.8. The summed E-state index contributed by atoms with van der Waals surface area (Å²) < 4.78 is 2.06. The van der Waals surface area contributed by atoms with Gasteiger partial charge in [0.1, 0.15) is 0 Å². The Morgan fingerprint density at radius 1 is 1.56 bits per heavy atom. The van der Waals surface area contributed by atoms with E-state index < -0.39 is 0 Å². The van der Waals surface area contributed by atoms with Crippen LogP contribution in [0.5, 0.6) is 0 Å². The summed E-state index contributed by atoms with van der Waals surface area (Å²) in [7, 11) is 0. The number of hydrogen-bond donors (Lipinski definition) is 0. The lowest BCUT2D eigenvalue weighted by molar-refractivity contribution is -0.117. The molecule has 1 aromatic carbocycles. The van der Waals surface area contributed by atoms with Gasteiger partial charge < -0.3 is 0 Å². The van der Waals surface area contributed by atoms with E-state index in [1.54, 1.807) is 4.90 Å². The second-order valence-corrected chi connectivity index (χ2v) is 6.11. The maximum atomic E-state index is 11.9. The third-order valence-electron chi connectivity index (χ3n) is 2.93. The number of fused-ring (bicyclic) bond motifs is 1. The van der Waals surface area contributed by atoms with Crippen molar-refractivity contribution in [3.05, 3.63) is 22.7 Å². The van der Waals surface area contributed by atoms with E-state index in [2.05, 4.69) is 26.8 Å². The first kappa shape index (κ1) is 11.7. The van der Waals surface area contributed by atoms with E-state index in [0.29, 0.717) is 13.0 Å². The number of amides is 1. The minimum absolute atomic E-state index is 0.0104. The second kappa shape index (κ2) is 4.38. The van der Waals surface area contributed by atoms with Gasteiger partial charge in [0.05, 0.1) is 10.2 Å².